The number of nitrogens with zero attached hydrogens (tertiary/aromatic N) is 3. The highest BCUT2D eigenvalue weighted by molar-refractivity contribution is 5.84. The molecule has 8 nitrogen and oxygen atoms in total. The Hall–Kier alpha value is -1.83. The lowest BCUT2D eigenvalue weighted by atomic mass is 10.3. The molecule has 1 saturated heterocycles. The van der Waals surface area contributed by atoms with E-state index in [0.29, 0.717) is 13.1 Å². The lowest BCUT2D eigenvalue weighted by molar-refractivity contribution is -0.154. The molecule has 0 aromatic rings. The third kappa shape index (κ3) is 4.89. The summed E-state index contributed by atoms with van der Waals surface area (Å²) >= 11 is 0. The second-order valence-corrected chi connectivity index (χ2v) is 5.14. The van der Waals surface area contributed by atoms with Crippen LogP contribution in [0.3, 0.4) is 0 Å². The predicted molar refractivity (Wildman–Crippen MR) is 74.9 cm³/mol. The molecule has 21 heavy (non-hydrogen) atoms. The summed E-state index contributed by atoms with van der Waals surface area (Å²) in [5, 5.41) is 8.96. The fourth-order valence-corrected chi connectivity index (χ4v) is 1.99. The number of carbonyl (C=O) groups excluding carboxylic acids is 2. The summed E-state index contributed by atoms with van der Waals surface area (Å²) in [6, 6.07) is -0.318. The van der Waals surface area contributed by atoms with E-state index < -0.39 is 12.1 Å². The summed E-state index contributed by atoms with van der Waals surface area (Å²) in [5.74, 6) is -1.25. The molecule has 1 atom stereocenters. The minimum absolute atomic E-state index is 0.00450. The van der Waals surface area contributed by atoms with Gasteiger partial charge >= 0.3 is 12.0 Å². The van der Waals surface area contributed by atoms with Gasteiger partial charge in [-0.1, -0.05) is 6.92 Å². The van der Waals surface area contributed by atoms with E-state index in [2.05, 4.69) is 0 Å². The summed E-state index contributed by atoms with van der Waals surface area (Å²) in [4.78, 5) is 39.5. The minimum atomic E-state index is -1.08. The van der Waals surface area contributed by atoms with E-state index in [1.807, 2.05) is 6.92 Å². The van der Waals surface area contributed by atoms with E-state index in [0.717, 1.165) is 6.42 Å². The maximum Gasteiger partial charge on any atom is 0.334 e. The number of ether oxygens (including phenoxy) is 1. The number of urea groups is 1. The maximum atomic E-state index is 12.4. The minimum Gasteiger partial charge on any atom is -0.479 e. The van der Waals surface area contributed by atoms with Crippen LogP contribution in [0.4, 0.5) is 4.79 Å². The number of hydrogen-bond acceptors (Lipinski definition) is 4. The van der Waals surface area contributed by atoms with Crippen LogP contribution in [-0.4, -0.2) is 90.7 Å². The number of carboxylic acids is 1. The molecule has 0 aromatic heterocycles. The van der Waals surface area contributed by atoms with Gasteiger partial charge in [0, 0.05) is 27.2 Å². The largest absolute Gasteiger partial charge is 0.479 e. The van der Waals surface area contributed by atoms with Crippen LogP contribution in [0.1, 0.15) is 13.3 Å². The molecule has 3 amide bonds. The van der Waals surface area contributed by atoms with Gasteiger partial charge in [-0.3, -0.25) is 4.79 Å². The van der Waals surface area contributed by atoms with Crippen molar-refractivity contribution in [2.24, 2.45) is 0 Å². The molecule has 1 rings (SSSR count). The summed E-state index contributed by atoms with van der Waals surface area (Å²) in [5.41, 5.74) is 0. The lowest BCUT2D eigenvalue weighted by Gasteiger charge is -2.35. The first kappa shape index (κ1) is 17.2. The second kappa shape index (κ2) is 7.82. The zero-order chi connectivity index (χ0) is 16.0. The van der Waals surface area contributed by atoms with Crippen molar-refractivity contribution in [1.29, 1.82) is 0 Å². The van der Waals surface area contributed by atoms with Crippen LogP contribution in [0.5, 0.6) is 0 Å². The molecule has 0 radical (unpaired) electrons. The predicted octanol–water partition coefficient (Wildman–Crippen LogP) is -0.308. The fourth-order valence-electron chi connectivity index (χ4n) is 1.99. The number of morpholine rings is 1. The molecular weight excluding hydrogens is 278 g/mol. The average Bonchev–Trinajstić information content (AvgIpc) is 2.45. The van der Waals surface area contributed by atoms with Gasteiger partial charge in [-0.25, -0.2) is 9.59 Å². The molecule has 1 aliphatic rings. The van der Waals surface area contributed by atoms with E-state index in [1.54, 1.807) is 14.1 Å². The van der Waals surface area contributed by atoms with Gasteiger partial charge in [-0.15, -0.1) is 0 Å². The molecule has 1 aliphatic heterocycles. The van der Waals surface area contributed by atoms with E-state index in [4.69, 9.17) is 9.84 Å². The van der Waals surface area contributed by atoms with Crippen LogP contribution in [-0.2, 0) is 14.3 Å². The van der Waals surface area contributed by atoms with Crippen molar-refractivity contribution < 1.29 is 24.2 Å². The quantitative estimate of drug-likeness (QED) is 0.752. The smallest absolute Gasteiger partial charge is 0.334 e. The number of rotatable bonds is 5. The Kier molecular flexibility index (Phi) is 6.41. The Labute approximate surface area is 124 Å². The lowest BCUT2D eigenvalue weighted by Crippen LogP contribution is -2.54. The van der Waals surface area contributed by atoms with Crippen molar-refractivity contribution in [2.45, 2.75) is 19.4 Å². The highest BCUT2D eigenvalue weighted by Crippen LogP contribution is 2.09. The van der Waals surface area contributed by atoms with Crippen molar-refractivity contribution in [2.75, 3.05) is 46.9 Å². The van der Waals surface area contributed by atoms with Crippen molar-refractivity contribution in [3.05, 3.63) is 0 Å². The highest BCUT2D eigenvalue weighted by Gasteiger charge is 2.31. The monoisotopic (exact) mass is 301 g/mol. The Morgan fingerprint density at radius 2 is 2.00 bits per heavy atom. The summed E-state index contributed by atoms with van der Waals surface area (Å²) in [7, 11) is 3.26. The Balaban J connectivity index is 2.71. The number of aliphatic carboxylic acids is 1. The molecule has 1 heterocycles. The maximum absolute atomic E-state index is 12.4. The Morgan fingerprint density at radius 1 is 1.33 bits per heavy atom. The normalized spacial score (nSPS) is 18.2. The summed E-state index contributed by atoms with van der Waals surface area (Å²) in [6.45, 7) is 2.88. The third-order valence-electron chi connectivity index (χ3n) is 3.20. The first-order chi connectivity index (χ1) is 9.86. The molecule has 1 N–H and O–H groups in total. The van der Waals surface area contributed by atoms with Gasteiger partial charge < -0.3 is 24.5 Å². The molecular formula is C13H23N3O5. The molecule has 0 bridgehead atoms. The van der Waals surface area contributed by atoms with Crippen LogP contribution in [0.2, 0.25) is 0 Å². The number of hydrogen-bond donors (Lipinski definition) is 1. The first-order valence-corrected chi connectivity index (χ1v) is 6.95. The Morgan fingerprint density at radius 3 is 2.52 bits per heavy atom. The molecule has 0 spiro atoms. The van der Waals surface area contributed by atoms with E-state index in [-0.39, 0.29) is 31.6 Å². The first-order valence-electron chi connectivity index (χ1n) is 6.95. The van der Waals surface area contributed by atoms with E-state index in [1.165, 1.54) is 14.7 Å². The van der Waals surface area contributed by atoms with Crippen LogP contribution >= 0.6 is 0 Å². The number of amides is 3. The zero-order valence-corrected chi connectivity index (χ0v) is 12.7. The SMILES string of the molecule is CCCN(CC(=O)N(C)C)C(=O)N1CCOC(C(=O)O)C1. The average molecular weight is 301 g/mol. The molecule has 120 valence electrons. The van der Waals surface area contributed by atoms with Crippen LogP contribution in [0, 0.1) is 0 Å². The molecule has 8 heteroatoms. The van der Waals surface area contributed by atoms with Crippen molar-refractivity contribution in [1.82, 2.24) is 14.7 Å². The van der Waals surface area contributed by atoms with Gasteiger partial charge in [-0.05, 0) is 6.42 Å². The molecule has 0 aromatic carbocycles. The standard InChI is InChI=1S/C13H23N3O5/c1-4-5-15(9-11(17)14(2)3)13(20)16-6-7-21-10(8-16)12(18)19/h10H,4-9H2,1-3H3,(H,18,19). The van der Waals surface area contributed by atoms with Gasteiger partial charge in [0.15, 0.2) is 6.10 Å². The van der Waals surface area contributed by atoms with Crippen LogP contribution in [0.25, 0.3) is 0 Å². The second-order valence-electron chi connectivity index (χ2n) is 5.14. The number of carboxylic acid groups (broad SMARTS) is 1. The van der Waals surface area contributed by atoms with Gasteiger partial charge in [-0.2, -0.15) is 0 Å². The van der Waals surface area contributed by atoms with Crippen molar-refractivity contribution >= 4 is 17.9 Å². The number of carbonyl (C=O) groups is 3. The van der Waals surface area contributed by atoms with Crippen molar-refractivity contribution in [3.63, 3.8) is 0 Å². The van der Waals surface area contributed by atoms with Crippen LogP contribution < -0.4 is 0 Å². The van der Waals surface area contributed by atoms with Gasteiger partial charge in [0.1, 0.15) is 6.54 Å². The van der Waals surface area contributed by atoms with Crippen LogP contribution in [0.15, 0.2) is 0 Å². The van der Waals surface area contributed by atoms with E-state index >= 15 is 0 Å². The van der Waals surface area contributed by atoms with Gasteiger partial charge in [0.05, 0.1) is 13.2 Å². The molecule has 0 aliphatic carbocycles. The summed E-state index contributed by atoms with van der Waals surface area (Å²) in [6.07, 6.45) is -0.283. The number of likely N-dealkylation sites (N-methyl/N-ethyl adjacent to an activating group) is 1. The fraction of sp³-hybridized carbons (Fsp3) is 0.769. The third-order valence-corrected chi connectivity index (χ3v) is 3.20. The topological polar surface area (TPSA) is 90.4 Å². The van der Waals surface area contributed by atoms with Crippen molar-refractivity contribution in [3.8, 4) is 0 Å². The molecule has 1 fully saturated rings. The van der Waals surface area contributed by atoms with Gasteiger partial charge in [0.25, 0.3) is 0 Å². The van der Waals surface area contributed by atoms with Gasteiger partial charge in [0.2, 0.25) is 5.91 Å². The summed E-state index contributed by atoms with van der Waals surface area (Å²) < 4.78 is 5.09. The zero-order valence-electron chi connectivity index (χ0n) is 12.7. The van der Waals surface area contributed by atoms with E-state index in [9.17, 15) is 14.4 Å². The molecule has 0 saturated carbocycles. The highest BCUT2D eigenvalue weighted by atomic mass is 16.5. The molecule has 1 unspecified atom stereocenters. The Bertz CT molecular complexity index is 399.